The smallest absolute Gasteiger partial charge is 0.140 e. The highest BCUT2D eigenvalue weighted by Crippen LogP contribution is 2.37. The molecule has 1 aliphatic rings. The number of pyridine rings is 1. The predicted octanol–water partition coefficient (Wildman–Crippen LogP) is 4.42. The van der Waals surface area contributed by atoms with Crippen molar-refractivity contribution >= 4 is 0 Å². The Kier molecular flexibility index (Phi) is 4.75. The van der Waals surface area contributed by atoms with Crippen LogP contribution in [0.25, 0.3) is 0 Å². The molecule has 2 nitrogen and oxygen atoms in total. The monoisotopic (exact) mass is 242 g/mol. The van der Waals surface area contributed by atoms with Gasteiger partial charge < -0.3 is 0 Å². The van der Waals surface area contributed by atoms with Crippen LogP contribution in [0, 0.1) is 17.2 Å². The molecule has 0 aliphatic heterocycles. The van der Waals surface area contributed by atoms with Crippen LogP contribution in [0.3, 0.4) is 0 Å². The van der Waals surface area contributed by atoms with Crippen molar-refractivity contribution in [2.24, 2.45) is 5.92 Å². The second-order valence-corrected chi connectivity index (χ2v) is 5.45. The predicted molar refractivity (Wildman–Crippen MR) is 73.2 cm³/mol. The van der Waals surface area contributed by atoms with Crippen molar-refractivity contribution < 1.29 is 0 Å². The van der Waals surface area contributed by atoms with Gasteiger partial charge in [0.05, 0.1) is 0 Å². The standard InChI is InChI=1S/C16H22N2/c1-2-3-4-13-5-7-14(8-6-13)15-9-10-16(11-17)18-12-15/h9-10,12-14H,2-8H2,1H3. The molecule has 18 heavy (non-hydrogen) atoms. The Balaban J connectivity index is 1.87. The molecule has 0 saturated heterocycles. The van der Waals surface area contributed by atoms with Crippen molar-refractivity contribution in [3.05, 3.63) is 29.6 Å². The summed E-state index contributed by atoms with van der Waals surface area (Å²) in [7, 11) is 0. The molecule has 1 aromatic heterocycles. The maximum Gasteiger partial charge on any atom is 0.140 e. The number of aromatic nitrogens is 1. The number of nitrogens with zero attached hydrogens (tertiary/aromatic N) is 2. The number of hydrogen-bond acceptors (Lipinski definition) is 2. The normalized spacial score (nSPS) is 23.6. The van der Waals surface area contributed by atoms with Crippen molar-refractivity contribution in [1.29, 1.82) is 5.26 Å². The largest absolute Gasteiger partial charge is 0.245 e. The van der Waals surface area contributed by atoms with E-state index in [4.69, 9.17) is 5.26 Å². The highest BCUT2D eigenvalue weighted by atomic mass is 14.7. The minimum absolute atomic E-state index is 0.524. The molecule has 0 amide bonds. The van der Waals surface area contributed by atoms with Gasteiger partial charge in [-0.15, -0.1) is 0 Å². The third kappa shape index (κ3) is 3.32. The van der Waals surface area contributed by atoms with Gasteiger partial charge in [-0.3, -0.25) is 0 Å². The molecule has 0 unspecified atom stereocenters. The summed E-state index contributed by atoms with van der Waals surface area (Å²) in [4.78, 5) is 4.18. The summed E-state index contributed by atoms with van der Waals surface area (Å²) >= 11 is 0. The van der Waals surface area contributed by atoms with Crippen LogP contribution < -0.4 is 0 Å². The summed E-state index contributed by atoms with van der Waals surface area (Å²) in [5.74, 6) is 1.62. The number of hydrogen-bond donors (Lipinski definition) is 0. The molecule has 1 aromatic rings. The lowest BCUT2D eigenvalue weighted by Gasteiger charge is -2.28. The highest BCUT2D eigenvalue weighted by molar-refractivity contribution is 5.25. The molecular formula is C16H22N2. The molecule has 1 saturated carbocycles. The molecule has 2 heteroatoms. The molecule has 0 bridgehead atoms. The Labute approximate surface area is 110 Å². The molecule has 0 atom stereocenters. The molecule has 0 N–H and O–H groups in total. The SMILES string of the molecule is CCCCC1CCC(c2ccc(C#N)nc2)CC1. The number of nitriles is 1. The van der Waals surface area contributed by atoms with Crippen LogP contribution in [0.1, 0.15) is 69.0 Å². The summed E-state index contributed by atoms with van der Waals surface area (Å²) in [6.45, 7) is 2.27. The zero-order valence-corrected chi connectivity index (χ0v) is 11.2. The van der Waals surface area contributed by atoms with E-state index in [-0.39, 0.29) is 0 Å². The minimum Gasteiger partial charge on any atom is -0.245 e. The van der Waals surface area contributed by atoms with Gasteiger partial charge in [-0.25, -0.2) is 4.98 Å². The van der Waals surface area contributed by atoms with Crippen LogP contribution in [-0.2, 0) is 0 Å². The maximum absolute atomic E-state index is 8.74. The molecule has 2 rings (SSSR count). The Hall–Kier alpha value is -1.36. The first-order valence-corrected chi connectivity index (χ1v) is 7.19. The average molecular weight is 242 g/mol. The minimum atomic E-state index is 0.524. The van der Waals surface area contributed by atoms with E-state index < -0.39 is 0 Å². The number of unbranched alkanes of at least 4 members (excludes halogenated alkanes) is 1. The lowest BCUT2D eigenvalue weighted by Crippen LogP contribution is -2.13. The van der Waals surface area contributed by atoms with Crippen LogP contribution in [0.4, 0.5) is 0 Å². The van der Waals surface area contributed by atoms with Crippen molar-refractivity contribution in [1.82, 2.24) is 4.98 Å². The molecule has 1 heterocycles. The van der Waals surface area contributed by atoms with Crippen molar-refractivity contribution in [2.75, 3.05) is 0 Å². The van der Waals surface area contributed by atoms with E-state index in [1.807, 2.05) is 12.3 Å². The fourth-order valence-corrected chi connectivity index (χ4v) is 2.99. The zero-order chi connectivity index (χ0) is 12.8. The van der Waals surface area contributed by atoms with Crippen LogP contribution >= 0.6 is 0 Å². The molecule has 0 radical (unpaired) electrons. The van der Waals surface area contributed by atoms with E-state index in [9.17, 15) is 0 Å². The molecule has 0 aromatic carbocycles. The second kappa shape index (κ2) is 6.54. The first-order valence-electron chi connectivity index (χ1n) is 7.19. The summed E-state index contributed by atoms with van der Waals surface area (Å²) < 4.78 is 0. The van der Waals surface area contributed by atoms with Crippen molar-refractivity contribution in [3.8, 4) is 6.07 Å². The van der Waals surface area contributed by atoms with Crippen LogP contribution in [0.2, 0.25) is 0 Å². The summed E-state index contributed by atoms with van der Waals surface area (Å²) in [5, 5.41) is 8.74. The van der Waals surface area contributed by atoms with Crippen molar-refractivity contribution in [2.45, 2.75) is 57.8 Å². The van der Waals surface area contributed by atoms with E-state index in [1.165, 1.54) is 50.5 Å². The van der Waals surface area contributed by atoms with Gasteiger partial charge in [-0.05, 0) is 49.1 Å². The fourth-order valence-electron chi connectivity index (χ4n) is 2.99. The summed E-state index contributed by atoms with van der Waals surface area (Å²) in [6.07, 6.45) is 11.3. The van der Waals surface area contributed by atoms with Gasteiger partial charge in [0.1, 0.15) is 11.8 Å². The lowest BCUT2D eigenvalue weighted by atomic mass is 9.77. The summed E-state index contributed by atoms with van der Waals surface area (Å²) in [5.41, 5.74) is 1.85. The quantitative estimate of drug-likeness (QED) is 0.783. The highest BCUT2D eigenvalue weighted by Gasteiger charge is 2.22. The van der Waals surface area contributed by atoms with Crippen LogP contribution in [0.5, 0.6) is 0 Å². The van der Waals surface area contributed by atoms with Gasteiger partial charge in [0.25, 0.3) is 0 Å². The Bertz CT molecular complexity index is 394. The van der Waals surface area contributed by atoms with Gasteiger partial charge >= 0.3 is 0 Å². The lowest BCUT2D eigenvalue weighted by molar-refractivity contribution is 0.304. The summed E-state index contributed by atoms with van der Waals surface area (Å²) in [6, 6.07) is 6.01. The van der Waals surface area contributed by atoms with Gasteiger partial charge in [0.15, 0.2) is 0 Å². The Morgan fingerprint density at radius 2 is 2.06 bits per heavy atom. The molecule has 96 valence electrons. The molecule has 1 aliphatic carbocycles. The maximum atomic E-state index is 8.74. The second-order valence-electron chi connectivity index (χ2n) is 5.45. The van der Waals surface area contributed by atoms with Gasteiger partial charge in [0, 0.05) is 6.20 Å². The third-order valence-electron chi connectivity index (χ3n) is 4.18. The number of rotatable bonds is 4. The van der Waals surface area contributed by atoms with E-state index in [0.717, 1.165) is 5.92 Å². The molecular weight excluding hydrogens is 220 g/mol. The van der Waals surface area contributed by atoms with Gasteiger partial charge in [-0.1, -0.05) is 32.3 Å². The van der Waals surface area contributed by atoms with Crippen molar-refractivity contribution in [3.63, 3.8) is 0 Å². The van der Waals surface area contributed by atoms with Crippen LogP contribution in [-0.4, -0.2) is 4.98 Å². The zero-order valence-electron chi connectivity index (χ0n) is 11.2. The van der Waals surface area contributed by atoms with Crippen LogP contribution in [0.15, 0.2) is 18.3 Å². The van der Waals surface area contributed by atoms with E-state index in [0.29, 0.717) is 11.6 Å². The fraction of sp³-hybridized carbons (Fsp3) is 0.625. The molecule has 1 fully saturated rings. The van der Waals surface area contributed by atoms with Gasteiger partial charge in [0.2, 0.25) is 0 Å². The Morgan fingerprint density at radius 3 is 2.61 bits per heavy atom. The first kappa shape index (κ1) is 13.1. The third-order valence-corrected chi connectivity index (χ3v) is 4.18. The Morgan fingerprint density at radius 1 is 1.28 bits per heavy atom. The first-order chi connectivity index (χ1) is 8.83. The van der Waals surface area contributed by atoms with E-state index in [2.05, 4.69) is 24.0 Å². The molecule has 0 spiro atoms. The van der Waals surface area contributed by atoms with Gasteiger partial charge in [-0.2, -0.15) is 5.26 Å². The van der Waals surface area contributed by atoms with E-state index >= 15 is 0 Å². The average Bonchev–Trinajstić information content (AvgIpc) is 2.46. The van der Waals surface area contributed by atoms with E-state index in [1.54, 1.807) is 0 Å². The topological polar surface area (TPSA) is 36.7 Å².